The van der Waals surface area contributed by atoms with Crippen LogP contribution in [0.1, 0.15) is 24.2 Å². The van der Waals surface area contributed by atoms with Crippen molar-refractivity contribution < 1.29 is 22.3 Å². The van der Waals surface area contributed by atoms with Crippen LogP contribution in [0.15, 0.2) is 42.6 Å². The van der Waals surface area contributed by atoms with Gasteiger partial charge >= 0.3 is 6.36 Å². The fourth-order valence-corrected chi connectivity index (χ4v) is 1.90. The van der Waals surface area contributed by atoms with Crippen LogP contribution in [0.5, 0.6) is 5.75 Å². The highest BCUT2D eigenvalue weighted by atomic mass is 19.4. The molecule has 0 aliphatic heterocycles. The van der Waals surface area contributed by atoms with Gasteiger partial charge in [0.25, 0.3) is 0 Å². The highest BCUT2D eigenvalue weighted by Crippen LogP contribution is 2.22. The molecule has 1 atom stereocenters. The Morgan fingerprint density at radius 1 is 1.18 bits per heavy atom. The van der Waals surface area contributed by atoms with Gasteiger partial charge in [-0.05, 0) is 25.1 Å². The Kier molecular flexibility index (Phi) is 4.97. The molecule has 1 aromatic heterocycles. The van der Waals surface area contributed by atoms with E-state index in [0.717, 1.165) is 6.20 Å². The molecule has 0 amide bonds. The molecule has 2 aromatic rings. The highest BCUT2D eigenvalue weighted by Gasteiger charge is 2.31. The Balaban J connectivity index is 1.93. The number of nitrogens with one attached hydrogen (secondary N) is 1. The maximum absolute atomic E-state index is 13.6. The SMILES string of the molecule is CC(NCc1ccc(OC(F)(F)F)cn1)c1ccccc1F. The summed E-state index contributed by atoms with van der Waals surface area (Å²) in [5.41, 5.74) is 1.04. The van der Waals surface area contributed by atoms with E-state index in [9.17, 15) is 17.6 Å². The van der Waals surface area contributed by atoms with Gasteiger partial charge in [0.05, 0.1) is 11.9 Å². The number of hydrogen-bond acceptors (Lipinski definition) is 3. The van der Waals surface area contributed by atoms with Crippen molar-refractivity contribution in [3.05, 3.63) is 59.7 Å². The minimum Gasteiger partial charge on any atom is -0.404 e. The third-order valence-corrected chi connectivity index (χ3v) is 2.99. The topological polar surface area (TPSA) is 34.1 Å². The van der Waals surface area contributed by atoms with Crippen molar-refractivity contribution in [1.29, 1.82) is 0 Å². The number of alkyl halides is 3. The zero-order valence-corrected chi connectivity index (χ0v) is 11.7. The zero-order chi connectivity index (χ0) is 16.2. The average molecular weight is 314 g/mol. The summed E-state index contributed by atoms with van der Waals surface area (Å²) in [7, 11) is 0. The first kappa shape index (κ1) is 16.2. The molecule has 0 fully saturated rings. The first-order valence-corrected chi connectivity index (χ1v) is 6.53. The van der Waals surface area contributed by atoms with Crippen molar-refractivity contribution >= 4 is 0 Å². The van der Waals surface area contributed by atoms with E-state index in [4.69, 9.17) is 0 Å². The van der Waals surface area contributed by atoms with Crippen LogP contribution in [0.2, 0.25) is 0 Å². The van der Waals surface area contributed by atoms with E-state index in [1.54, 1.807) is 25.1 Å². The molecule has 0 saturated heterocycles. The van der Waals surface area contributed by atoms with Gasteiger partial charge in [-0.25, -0.2) is 4.39 Å². The normalized spacial score (nSPS) is 13.0. The lowest BCUT2D eigenvalue weighted by molar-refractivity contribution is -0.274. The molecular weight excluding hydrogens is 300 g/mol. The van der Waals surface area contributed by atoms with Crippen molar-refractivity contribution in [2.45, 2.75) is 25.9 Å². The Morgan fingerprint density at radius 3 is 2.50 bits per heavy atom. The van der Waals surface area contributed by atoms with E-state index in [2.05, 4.69) is 15.0 Å². The van der Waals surface area contributed by atoms with Gasteiger partial charge in [-0.2, -0.15) is 0 Å². The van der Waals surface area contributed by atoms with Crippen LogP contribution in [-0.2, 0) is 6.54 Å². The number of nitrogens with zero attached hydrogens (tertiary/aromatic N) is 1. The molecule has 0 aliphatic carbocycles. The second-order valence-electron chi connectivity index (χ2n) is 4.66. The summed E-state index contributed by atoms with van der Waals surface area (Å²) < 4.78 is 53.4. The lowest BCUT2D eigenvalue weighted by atomic mass is 10.1. The molecule has 1 N–H and O–H groups in total. The molecule has 22 heavy (non-hydrogen) atoms. The molecule has 1 unspecified atom stereocenters. The van der Waals surface area contributed by atoms with Gasteiger partial charge in [-0.15, -0.1) is 13.2 Å². The van der Waals surface area contributed by atoms with Gasteiger partial charge in [0, 0.05) is 18.2 Å². The zero-order valence-electron chi connectivity index (χ0n) is 11.7. The highest BCUT2D eigenvalue weighted by molar-refractivity contribution is 5.22. The number of halogens is 4. The fraction of sp³-hybridized carbons (Fsp3) is 0.267. The van der Waals surface area contributed by atoms with Crippen molar-refractivity contribution in [3.8, 4) is 5.75 Å². The first-order chi connectivity index (χ1) is 10.3. The second kappa shape index (κ2) is 6.74. The van der Waals surface area contributed by atoms with Gasteiger partial charge < -0.3 is 10.1 Å². The minimum atomic E-state index is -4.74. The lowest BCUT2D eigenvalue weighted by Crippen LogP contribution is -2.20. The molecule has 0 spiro atoms. The molecule has 0 bridgehead atoms. The molecule has 0 saturated carbocycles. The molecular formula is C15H14F4N2O. The van der Waals surface area contributed by atoms with Gasteiger partial charge in [-0.3, -0.25) is 4.98 Å². The fourth-order valence-electron chi connectivity index (χ4n) is 1.90. The van der Waals surface area contributed by atoms with Crippen molar-refractivity contribution in [2.24, 2.45) is 0 Å². The van der Waals surface area contributed by atoms with E-state index in [0.29, 0.717) is 17.8 Å². The quantitative estimate of drug-likeness (QED) is 0.848. The molecule has 3 nitrogen and oxygen atoms in total. The number of benzene rings is 1. The summed E-state index contributed by atoms with van der Waals surface area (Å²) in [4.78, 5) is 3.87. The first-order valence-electron chi connectivity index (χ1n) is 6.53. The summed E-state index contributed by atoms with van der Waals surface area (Å²) >= 11 is 0. The summed E-state index contributed by atoms with van der Waals surface area (Å²) in [6.45, 7) is 2.08. The van der Waals surface area contributed by atoms with Crippen LogP contribution in [0.4, 0.5) is 17.6 Å². The largest absolute Gasteiger partial charge is 0.573 e. The minimum absolute atomic E-state index is 0.255. The van der Waals surface area contributed by atoms with E-state index in [-0.39, 0.29) is 17.6 Å². The summed E-state index contributed by atoms with van der Waals surface area (Å²) in [5, 5.41) is 3.06. The van der Waals surface area contributed by atoms with Gasteiger partial charge in [0.15, 0.2) is 0 Å². The molecule has 0 radical (unpaired) electrons. The Labute approximate surface area is 124 Å². The van der Waals surface area contributed by atoms with Crippen LogP contribution in [-0.4, -0.2) is 11.3 Å². The maximum atomic E-state index is 13.6. The standard InChI is InChI=1S/C15H14F4N2O/c1-10(13-4-2-3-5-14(13)16)20-8-11-6-7-12(9-21-11)22-15(17,18)19/h2-7,9-10,20H,8H2,1H3. The second-order valence-corrected chi connectivity index (χ2v) is 4.66. The van der Waals surface area contributed by atoms with Crippen molar-refractivity contribution in [1.82, 2.24) is 10.3 Å². The van der Waals surface area contributed by atoms with Crippen molar-refractivity contribution in [3.63, 3.8) is 0 Å². The van der Waals surface area contributed by atoms with E-state index < -0.39 is 6.36 Å². The predicted molar refractivity (Wildman–Crippen MR) is 72.6 cm³/mol. The third kappa shape index (κ3) is 4.70. The van der Waals surface area contributed by atoms with Crippen molar-refractivity contribution in [2.75, 3.05) is 0 Å². The third-order valence-electron chi connectivity index (χ3n) is 2.99. The summed E-state index contributed by atoms with van der Waals surface area (Å²) in [6, 6.07) is 8.72. The molecule has 1 aromatic carbocycles. The summed E-state index contributed by atoms with van der Waals surface area (Å²) in [5.74, 6) is -0.692. The number of pyridine rings is 1. The Morgan fingerprint density at radius 2 is 1.91 bits per heavy atom. The van der Waals surface area contributed by atoms with Crippen LogP contribution in [0, 0.1) is 5.82 Å². The average Bonchev–Trinajstić information content (AvgIpc) is 2.45. The smallest absolute Gasteiger partial charge is 0.404 e. The number of hydrogen-bond donors (Lipinski definition) is 1. The monoisotopic (exact) mass is 314 g/mol. The number of ether oxygens (including phenoxy) is 1. The number of rotatable bonds is 5. The van der Waals surface area contributed by atoms with Gasteiger partial charge in [0.2, 0.25) is 0 Å². The maximum Gasteiger partial charge on any atom is 0.573 e. The van der Waals surface area contributed by atoms with Gasteiger partial charge in [0.1, 0.15) is 11.6 Å². The molecule has 0 aliphatic rings. The van der Waals surface area contributed by atoms with E-state index >= 15 is 0 Å². The van der Waals surface area contributed by atoms with Crippen LogP contribution < -0.4 is 10.1 Å². The van der Waals surface area contributed by atoms with E-state index in [1.165, 1.54) is 18.2 Å². The molecule has 1 heterocycles. The lowest BCUT2D eigenvalue weighted by Gasteiger charge is -2.15. The van der Waals surface area contributed by atoms with Gasteiger partial charge in [-0.1, -0.05) is 18.2 Å². The Hall–Kier alpha value is -2.15. The Bertz CT molecular complexity index is 614. The van der Waals surface area contributed by atoms with E-state index in [1.807, 2.05) is 0 Å². The molecule has 7 heteroatoms. The van der Waals surface area contributed by atoms with Crippen LogP contribution >= 0.6 is 0 Å². The van der Waals surface area contributed by atoms with Crippen LogP contribution in [0.25, 0.3) is 0 Å². The van der Waals surface area contributed by atoms with Crippen LogP contribution in [0.3, 0.4) is 0 Å². The number of aromatic nitrogens is 1. The predicted octanol–water partition coefficient (Wildman–Crippen LogP) is 3.97. The summed E-state index contributed by atoms with van der Waals surface area (Å²) in [6.07, 6.45) is -3.74. The molecule has 118 valence electrons. The molecule has 2 rings (SSSR count).